The van der Waals surface area contributed by atoms with Gasteiger partial charge in [0.1, 0.15) is 5.75 Å². The third-order valence-corrected chi connectivity index (χ3v) is 2.58. The molecule has 82 valence electrons. The molecule has 0 aliphatic carbocycles. The molecule has 0 heterocycles. The van der Waals surface area contributed by atoms with Crippen LogP contribution in [0.2, 0.25) is 10.0 Å². The number of hydrogen-bond acceptors (Lipinski definition) is 2. The van der Waals surface area contributed by atoms with Crippen molar-refractivity contribution in [3.63, 3.8) is 0 Å². The largest absolute Gasteiger partial charge is 0.506 e. The van der Waals surface area contributed by atoms with Gasteiger partial charge in [-0.25, -0.2) is 0 Å². The fourth-order valence-corrected chi connectivity index (χ4v) is 1.64. The number of phenolic OH excluding ortho intramolecular Hbond substituents is 1. The normalized spacial score (nSPS) is 12.5. The lowest BCUT2D eigenvalue weighted by Gasteiger charge is -2.11. The Labute approximate surface area is 99.5 Å². The molecule has 1 rings (SSSR count). The van der Waals surface area contributed by atoms with E-state index in [0.717, 1.165) is 0 Å². The molecule has 0 saturated heterocycles. The van der Waals surface area contributed by atoms with E-state index in [1.807, 2.05) is 6.92 Å². The Morgan fingerprint density at radius 1 is 1.53 bits per heavy atom. The van der Waals surface area contributed by atoms with E-state index in [-0.39, 0.29) is 16.8 Å². The molecule has 2 nitrogen and oxygen atoms in total. The number of aromatic hydroxyl groups is 1. The van der Waals surface area contributed by atoms with Crippen LogP contribution in [0.4, 0.5) is 0 Å². The summed E-state index contributed by atoms with van der Waals surface area (Å²) in [6.45, 7) is 6.12. The van der Waals surface area contributed by atoms with Crippen molar-refractivity contribution in [3.05, 3.63) is 40.4 Å². The standard InChI is InChI=1S/C11H13Cl2NO/c1-3-7(2)14-6-8-4-9(12)5-10(13)11(8)15/h3-5,7,14-15H,1,6H2,2H3. The minimum atomic E-state index is 0.0739. The monoisotopic (exact) mass is 245 g/mol. The van der Waals surface area contributed by atoms with Crippen LogP contribution in [-0.4, -0.2) is 11.1 Å². The maximum atomic E-state index is 9.65. The molecule has 0 amide bonds. The fourth-order valence-electron chi connectivity index (χ4n) is 1.11. The van der Waals surface area contributed by atoms with E-state index in [1.165, 1.54) is 6.07 Å². The summed E-state index contributed by atoms with van der Waals surface area (Å²) in [5, 5.41) is 13.6. The van der Waals surface area contributed by atoms with Crippen LogP contribution in [0.5, 0.6) is 5.75 Å². The first-order chi connectivity index (χ1) is 7.04. The highest BCUT2D eigenvalue weighted by molar-refractivity contribution is 6.35. The Balaban J connectivity index is 2.80. The predicted octanol–water partition coefficient (Wildman–Crippen LogP) is 3.36. The summed E-state index contributed by atoms with van der Waals surface area (Å²) in [7, 11) is 0. The van der Waals surface area contributed by atoms with Crippen LogP contribution < -0.4 is 5.32 Å². The zero-order valence-corrected chi connectivity index (χ0v) is 9.94. The van der Waals surface area contributed by atoms with E-state index in [9.17, 15) is 5.11 Å². The minimum Gasteiger partial charge on any atom is -0.506 e. The maximum absolute atomic E-state index is 9.65. The molecule has 1 aromatic rings. The lowest BCUT2D eigenvalue weighted by molar-refractivity contribution is 0.463. The van der Waals surface area contributed by atoms with E-state index in [4.69, 9.17) is 23.2 Å². The van der Waals surface area contributed by atoms with Gasteiger partial charge in [0.25, 0.3) is 0 Å². The van der Waals surface area contributed by atoms with E-state index < -0.39 is 0 Å². The molecule has 1 unspecified atom stereocenters. The van der Waals surface area contributed by atoms with Crippen LogP contribution in [0.3, 0.4) is 0 Å². The van der Waals surface area contributed by atoms with Gasteiger partial charge >= 0.3 is 0 Å². The number of rotatable bonds is 4. The van der Waals surface area contributed by atoms with Crippen molar-refractivity contribution < 1.29 is 5.11 Å². The lowest BCUT2D eigenvalue weighted by atomic mass is 10.2. The second kappa shape index (κ2) is 5.40. The summed E-state index contributed by atoms with van der Waals surface area (Å²) in [4.78, 5) is 0. The first-order valence-electron chi connectivity index (χ1n) is 4.57. The van der Waals surface area contributed by atoms with Gasteiger partial charge in [-0.15, -0.1) is 6.58 Å². The molecule has 0 spiro atoms. The third-order valence-electron chi connectivity index (χ3n) is 2.08. The molecule has 15 heavy (non-hydrogen) atoms. The number of nitrogens with one attached hydrogen (secondary N) is 1. The zero-order valence-electron chi connectivity index (χ0n) is 8.43. The molecule has 1 aromatic carbocycles. The van der Waals surface area contributed by atoms with Crippen molar-refractivity contribution in [1.29, 1.82) is 0 Å². The number of halogens is 2. The van der Waals surface area contributed by atoms with E-state index in [0.29, 0.717) is 17.1 Å². The van der Waals surface area contributed by atoms with Crippen molar-refractivity contribution in [2.24, 2.45) is 0 Å². The van der Waals surface area contributed by atoms with Gasteiger partial charge in [0.15, 0.2) is 0 Å². The molecule has 0 aliphatic rings. The zero-order chi connectivity index (χ0) is 11.4. The molecule has 0 bridgehead atoms. The van der Waals surface area contributed by atoms with Crippen molar-refractivity contribution in [1.82, 2.24) is 5.32 Å². The van der Waals surface area contributed by atoms with Gasteiger partial charge in [-0.1, -0.05) is 29.3 Å². The van der Waals surface area contributed by atoms with Crippen molar-refractivity contribution in [2.75, 3.05) is 0 Å². The Morgan fingerprint density at radius 3 is 2.80 bits per heavy atom. The first-order valence-corrected chi connectivity index (χ1v) is 5.33. The summed E-state index contributed by atoms with van der Waals surface area (Å²) >= 11 is 11.6. The summed E-state index contributed by atoms with van der Waals surface area (Å²) in [5.74, 6) is 0.0739. The highest BCUT2D eigenvalue weighted by Gasteiger charge is 2.08. The SMILES string of the molecule is C=CC(C)NCc1cc(Cl)cc(Cl)c1O. The Bertz CT molecular complexity index is 366. The first kappa shape index (κ1) is 12.4. The molecule has 0 saturated carbocycles. The third kappa shape index (κ3) is 3.42. The van der Waals surface area contributed by atoms with Gasteiger partial charge in [0.05, 0.1) is 5.02 Å². The molecular weight excluding hydrogens is 233 g/mol. The van der Waals surface area contributed by atoms with Gasteiger partial charge in [0, 0.05) is 23.2 Å². The van der Waals surface area contributed by atoms with Crippen LogP contribution >= 0.6 is 23.2 Å². The second-order valence-corrected chi connectivity index (χ2v) is 4.14. The molecule has 0 radical (unpaired) electrons. The topological polar surface area (TPSA) is 32.3 Å². The summed E-state index contributed by atoms with van der Waals surface area (Å²) in [5.41, 5.74) is 0.682. The van der Waals surface area contributed by atoms with E-state index in [2.05, 4.69) is 11.9 Å². The average Bonchev–Trinajstić information content (AvgIpc) is 2.20. The maximum Gasteiger partial charge on any atom is 0.138 e. The van der Waals surface area contributed by atoms with Gasteiger partial charge in [-0.2, -0.15) is 0 Å². The highest BCUT2D eigenvalue weighted by atomic mass is 35.5. The molecule has 1 atom stereocenters. The van der Waals surface area contributed by atoms with Crippen molar-refractivity contribution in [3.8, 4) is 5.75 Å². The summed E-state index contributed by atoms with van der Waals surface area (Å²) < 4.78 is 0. The van der Waals surface area contributed by atoms with Crippen LogP contribution in [0, 0.1) is 0 Å². The molecule has 0 aromatic heterocycles. The number of hydrogen-bond donors (Lipinski definition) is 2. The smallest absolute Gasteiger partial charge is 0.138 e. The van der Waals surface area contributed by atoms with E-state index >= 15 is 0 Å². The Hall–Kier alpha value is -0.700. The highest BCUT2D eigenvalue weighted by Crippen LogP contribution is 2.30. The van der Waals surface area contributed by atoms with Crippen molar-refractivity contribution in [2.45, 2.75) is 19.5 Å². The van der Waals surface area contributed by atoms with Gasteiger partial charge in [-0.3, -0.25) is 0 Å². The van der Waals surface area contributed by atoms with Crippen LogP contribution in [0.15, 0.2) is 24.8 Å². The van der Waals surface area contributed by atoms with Gasteiger partial charge in [-0.05, 0) is 19.1 Å². The summed E-state index contributed by atoms with van der Waals surface area (Å²) in [6, 6.07) is 3.37. The molecule has 0 aliphatic heterocycles. The van der Waals surface area contributed by atoms with Crippen LogP contribution in [0.25, 0.3) is 0 Å². The lowest BCUT2D eigenvalue weighted by Crippen LogP contribution is -2.22. The van der Waals surface area contributed by atoms with Crippen LogP contribution in [0.1, 0.15) is 12.5 Å². The predicted molar refractivity (Wildman–Crippen MR) is 64.6 cm³/mol. The van der Waals surface area contributed by atoms with Gasteiger partial charge in [0.2, 0.25) is 0 Å². The molecule has 4 heteroatoms. The minimum absolute atomic E-state index is 0.0739. The number of benzene rings is 1. The average molecular weight is 246 g/mol. The van der Waals surface area contributed by atoms with Gasteiger partial charge < -0.3 is 10.4 Å². The quantitative estimate of drug-likeness (QED) is 0.798. The fraction of sp³-hybridized carbons (Fsp3) is 0.273. The molecule has 2 N–H and O–H groups in total. The van der Waals surface area contributed by atoms with Crippen molar-refractivity contribution >= 4 is 23.2 Å². The van der Waals surface area contributed by atoms with E-state index in [1.54, 1.807) is 12.1 Å². The van der Waals surface area contributed by atoms with Crippen LogP contribution in [-0.2, 0) is 6.54 Å². The number of phenols is 1. The second-order valence-electron chi connectivity index (χ2n) is 3.30. The molecule has 0 fully saturated rings. The molecular formula is C11H13Cl2NO. The Morgan fingerprint density at radius 2 is 2.20 bits per heavy atom. The Kier molecular flexibility index (Phi) is 4.45. The summed E-state index contributed by atoms with van der Waals surface area (Å²) in [6.07, 6.45) is 1.78.